The molecule has 0 aliphatic heterocycles. The highest BCUT2D eigenvalue weighted by molar-refractivity contribution is 7.99. The van der Waals surface area contributed by atoms with Crippen LogP contribution in [0.15, 0.2) is 35.5 Å². The summed E-state index contributed by atoms with van der Waals surface area (Å²) in [6.45, 7) is 3.54. The smallest absolute Gasteiger partial charge is 0.230 e. The second-order valence-corrected chi connectivity index (χ2v) is 7.41. The van der Waals surface area contributed by atoms with Gasteiger partial charge in [-0.25, -0.2) is 0 Å². The second-order valence-electron chi connectivity index (χ2n) is 6.47. The lowest BCUT2D eigenvalue weighted by Gasteiger charge is -2.21. The van der Waals surface area contributed by atoms with Gasteiger partial charge in [-0.1, -0.05) is 61.4 Å². The highest BCUT2D eigenvalue weighted by Crippen LogP contribution is 2.33. The van der Waals surface area contributed by atoms with E-state index >= 15 is 0 Å². The predicted octanol–water partition coefficient (Wildman–Crippen LogP) is 3.75. The van der Waals surface area contributed by atoms with E-state index in [1.54, 1.807) is 0 Å². The predicted molar refractivity (Wildman–Crippen MR) is 101 cm³/mol. The van der Waals surface area contributed by atoms with Gasteiger partial charge in [-0.3, -0.25) is 4.79 Å². The molecular formula is C19H26N4OS. The first kappa shape index (κ1) is 18.0. The zero-order valence-corrected chi connectivity index (χ0v) is 15.6. The Hall–Kier alpha value is -1.82. The lowest BCUT2D eigenvalue weighted by molar-refractivity contribution is -0.118. The van der Waals surface area contributed by atoms with Crippen LogP contribution in [-0.2, 0) is 17.9 Å². The van der Waals surface area contributed by atoms with E-state index in [1.807, 2.05) is 30.3 Å². The normalized spacial score (nSPS) is 15.2. The largest absolute Gasteiger partial charge is 0.351 e. The minimum atomic E-state index is 0.0266. The Balaban J connectivity index is 1.53. The maximum absolute atomic E-state index is 12.1. The van der Waals surface area contributed by atoms with Crippen molar-refractivity contribution >= 4 is 17.7 Å². The average molecular weight is 359 g/mol. The highest BCUT2D eigenvalue weighted by atomic mass is 32.2. The highest BCUT2D eigenvalue weighted by Gasteiger charge is 2.23. The van der Waals surface area contributed by atoms with Crippen LogP contribution in [0.2, 0.25) is 0 Å². The van der Waals surface area contributed by atoms with Gasteiger partial charge in [-0.2, -0.15) is 0 Å². The third-order valence-electron chi connectivity index (χ3n) is 4.70. The van der Waals surface area contributed by atoms with E-state index in [4.69, 9.17) is 0 Å². The molecule has 1 fully saturated rings. The quantitative estimate of drug-likeness (QED) is 0.766. The zero-order valence-electron chi connectivity index (χ0n) is 14.8. The number of hydrogen-bond donors (Lipinski definition) is 1. The lowest BCUT2D eigenvalue weighted by Crippen LogP contribution is -2.24. The van der Waals surface area contributed by atoms with Crippen molar-refractivity contribution in [3.63, 3.8) is 0 Å². The molecule has 1 aliphatic carbocycles. The van der Waals surface area contributed by atoms with E-state index in [2.05, 4.69) is 27.0 Å². The monoisotopic (exact) mass is 358 g/mol. The first-order valence-corrected chi connectivity index (χ1v) is 10.1. The SMILES string of the molecule is CCn1c(SCC(=O)NCc2ccccc2)nnc1C1CCCCC1. The minimum Gasteiger partial charge on any atom is -0.351 e. The van der Waals surface area contributed by atoms with Gasteiger partial charge in [0, 0.05) is 19.0 Å². The molecule has 0 spiro atoms. The third-order valence-corrected chi connectivity index (χ3v) is 5.66. The van der Waals surface area contributed by atoms with Gasteiger partial charge in [0.2, 0.25) is 5.91 Å². The van der Waals surface area contributed by atoms with E-state index in [0.29, 0.717) is 18.2 Å². The molecule has 1 aliphatic rings. The van der Waals surface area contributed by atoms with Gasteiger partial charge in [-0.05, 0) is 25.3 Å². The molecule has 25 heavy (non-hydrogen) atoms. The number of amides is 1. The molecule has 1 amide bonds. The molecule has 134 valence electrons. The van der Waals surface area contributed by atoms with Gasteiger partial charge >= 0.3 is 0 Å². The molecule has 2 aromatic rings. The van der Waals surface area contributed by atoms with Crippen LogP contribution in [0.1, 0.15) is 56.3 Å². The maximum atomic E-state index is 12.1. The number of carbonyl (C=O) groups excluding carboxylic acids is 1. The van der Waals surface area contributed by atoms with Gasteiger partial charge in [0.1, 0.15) is 5.82 Å². The van der Waals surface area contributed by atoms with Gasteiger partial charge in [-0.15, -0.1) is 10.2 Å². The number of nitrogens with zero attached hydrogens (tertiary/aromatic N) is 3. The fourth-order valence-corrected chi connectivity index (χ4v) is 4.18. The molecule has 1 N–H and O–H groups in total. The van der Waals surface area contributed by atoms with E-state index < -0.39 is 0 Å². The first-order valence-electron chi connectivity index (χ1n) is 9.14. The standard InChI is InChI=1S/C19H26N4OS/c1-2-23-18(16-11-7-4-8-12-16)21-22-19(23)25-14-17(24)20-13-15-9-5-3-6-10-15/h3,5-6,9-10,16H,2,4,7-8,11-14H2,1H3,(H,20,24). The second kappa shape index (κ2) is 9.04. The van der Waals surface area contributed by atoms with Crippen LogP contribution in [-0.4, -0.2) is 26.4 Å². The molecular weight excluding hydrogens is 332 g/mol. The van der Waals surface area contributed by atoms with Crippen molar-refractivity contribution in [2.24, 2.45) is 0 Å². The molecule has 0 unspecified atom stereocenters. The number of aromatic nitrogens is 3. The summed E-state index contributed by atoms with van der Waals surface area (Å²) < 4.78 is 2.19. The molecule has 0 radical (unpaired) electrons. The Labute approximate surface area is 153 Å². The van der Waals surface area contributed by atoms with Crippen LogP contribution in [0.4, 0.5) is 0 Å². The summed E-state index contributed by atoms with van der Waals surface area (Å²) in [5.74, 6) is 2.03. The Morgan fingerprint density at radius 2 is 1.96 bits per heavy atom. The number of hydrogen-bond acceptors (Lipinski definition) is 4. The average Bonchev–Trinajstić information content (AvgIpc) is 3.09. The Bertz CT molecular complexity index is 680. The number of rotatable bonds is 7. The lowest BCUT2D eigenvalue weighted by atomic mass is 9.89. The molecule has 1 saturated carbocycles. The van der Waals surface area contributed by atoms with Crippen LogP contribution >= 0.6 is 11.8 Å². The topological polar surface area (TPSA) is 59.8 Å². The van der Waals surface area contributed by atoms with Crippen molar-refractivity contribution in [1.82, 2.24) is 20.1 Å². The first-order chi connectivity index (χ1) is 12.3. The molecule has 0 bridgehead atoms. The van der Waals surface area contributed by atoms with Crippen molar-refractivity contribution in [1.29, 1.82) is 0 Å². The van der Waals surface area contributed by atoms with Crippen molar-refractivity contribution in [3.05, 3.63) is 41.7 Å². The molecule has 0 saturated heterocycles. The van der Waals surface area contributed by atoms with Gasteiger partial charge in [0.05, 0.1) is 5.75 Å². The van der Waals surface area contributed by atoms with Gasteiger partial charge < -0.3 is 9.88 Å². The van der Waals surface area contributed by atoms with E-state index in [0.717, 1.165) is 23.1 Å². The summed E-state index contributed by atoms with van der Waals surface area (Å²) in [6, 6.07) is 9.96. The van der Waals surface area contributed by atoms with Crippen LogP contribution in [0, 0.1) is 0 Å². The van der Waals surface area contributed by atoms with Gasteiger partial charge in [0.25, 0.3) is 0 Å². The molecule has 1 aromatic carbocycles. The Kier molecular flexibility index (Phi) is 6.50. The van der Waals surface area contributed by atoms with E-state index in [9.17, 15) is 4.79 Å². The van der Waals surface area contributed by atoms with Crippen LogP contribution in [0.5, 0.6) is 0 Å². The van der Waals surface area contributed by atoms with Gasteiger partial charge in [0.15, 0.2) is 5.16 Å². The summed E-state index contributed by atoms with van der Waals surface area (Å²) in [4.78, 5) is 12.1. The van der Waals surface area contributed by atoms with Crippen molar-refractivity contribution in [2.45, 2.75) is 63.2 Å². The Morgan fingerprint density at radius 3 is 2.68 bits per heavy atom. The minimum absolute atomic E-state index is 0.0266. The van der Waals surface area contributed by atoms with Crippen molar-refractivity contribution in [3.8, 4) is 0 Å². The Morgan fingerprint density at radius 1 is 1.20 bits per heavy atom. The molecule has 1 heterocycles. The number of carbonyl (C=O) groups is 1. The molecule has 5 nitrogen and oxygen atoms in total. The van der Waals surface area contributed by atoms with Crippen molar-refractivity contribution in [2.75, 3.05) is 5.75 Å². The summed E-state index contributed by atoms with van der Waals surface area (Å²) in [5.41, 5.74) is 1.11. The van der Waals surface area contributed by atoms with Crippen LogP contribution in [0.3, 0.4) is 0 Å². The van der Waals surface area contributed by atoms with E-state index in [1.165, 1.54) is 43.9 Å². The van der Waals surface area contributed by atoms with Crippen LogP contribution in [0.25, 0.3) is 0 Å². The summed E-state index contributed by atoms with van der Waals surface area (Å²) in [7, 11) is 0. The molecule has 3 rings (SSSR count). The molecule has 0 atom stereocenters. The van der Waals surface area contributed by atoms with Crippen LogP contribution < -0.4 is 5.32 Å². The molecule has 1 aromatic heterocycles. The number of thioether (sulfide) groups is 1. The van der Waals surface area contributed by atoms with Crippen molar-refractivity contribution < 1.29 is 4.79 Å². The summed E-state index contributed by atoms with van der Waals surface area (Å²) >= 11 is 1.48. The summed E-state index contributed by atoms with van der Waals surface area (Å²) in [5, 5.41) is 12.6. The fraction of sp³-hybridized carbons (Fsp3) is 0.526. The molecule has 6 heteroatoms. The fourth-order valence-electron chi connectivity index (χ4n) is 3.34. The number of benzene rings is 1. The maximum Gasteiger partial charge on any atom is 0.230 e. The third kappa shape index (κ3) is 4.84. The summed E-state index contributed by atoms with van der Waals surface area (Å²) in [6.07, 6.45) is 6.32. The number of nitrogens with one attached hydrogen (secondary N) is 1. The zero-order chi connectivity index (χ0) is 17.5. The van der Waals surface area contributed by atoms with E-state index in [-0.39, 0.29) is 5.91 Å².